The fourth-order valence-corrected chi connectivity index (χ4v) is 6.25. The van der Waals surface area contributed by atoms with Gasteiger partial charge in [0, 0.05) is 19.5 Å². The number of likely N-dealkylation sites (tertiary alicyclic amines) is 1. The summed E-state index contributed by atoms with van der Waals surface area (Å²) in [6, 6.07) is 5.34. The Balaban J connectivity index is 1.48. The van der Waals surface area contributed by atoms with E-state index in [1.165, 1.54) is 0 Å². The Bertz CT molecular complexity index is 739. The molecule has 1 heterocycles. The normalized spacial score (nSPS) is 19.7. The minimum atomic E-state index is -3.10. The van der Waals surface area contributed by atoms with Gasteiger partial charge in [0.05, 0.1) is 20.5 Å². The summed E-state index contributed by atoms with van der Waals surface area (Å²) in [6.07, 6.45) is 5.64. The van der Waals surface area contributed by atoms with Crippen LogP contribution in [0.4, 0.5) is 0 Å². The van der Waals surface area contributed by atoms with Gasteiger partial charge in [0.1, 0.15) is 0 Å². The first-order chi connectivity index (χ1) is 11.9. The highest BCUT2D eigenvalue weighted by atomic mass is 35.5. The molecule has 0 unspecified atom stereocenters. The Labute approximate surface area is 159 Å². The zero-order valence-corrected chi connectivity index (χ0v) is 16.4. The molecule has 1 aliphatic heterocycles. The lowest BCUT2D eigenvalue weighted by Crippen LogP contribution is -2.58. The minimum Gasteiger partial charge on any atom is -0.340 e. The number of amides is 1. The average molecular weight is 404 g/mol. The molecule has 1 aliphatic carbocycles. The van der Waals surface area contributed by atoms with Crippen molar-refractivity contribution in [2.75, 3.05) is 13.1 Å². The van der Waals surface area contributed by atoms with E-state index in [1.54, 1.807) is 17.0 Å². The fourth-order valence-electron chi connectivity index (χ4n) is 3.62. The van der Waals surface area contributed by atoms with Crippen LogP contribution in [-0.2, 0) is 21.1 Å². The molecule has 0 aromatic heterocycles. The molecule has 1 aromatic rings. The summed E-state index contributed by atoms with van der Waals surface area (Å²) in [5.74, 6) is 0.00108. The van der Waals surface area contributed by atoms with Crippen LogP contribution in [0.2, 0.25) is 10.0 Å². The average Bonchev–Trinajstić information content (AvgIpc) is 2.55. The second-order valence-electron chi connectivity index (χ2n) is 7.02. The summed E-state index contributed by atoms with van der Waals surface area (Å²) in [5, 5.41) is 0.411. The van der Waals surface area contributed by atoms with Gasteiger partial charge in [-0.15, -0.1) is 0 Å². The predicted molar refractivity (Wildman–Crippen MR) is 101 cm³/mol. The Kier molecular flexibility index (Phi) is 5.96. The number of carbonyl (C=O) groups excluding carboxylic acids is 1. The summed E-state index contributed by atoms with van der Waals surface area (Å²) in [4.78, 5) is 13.9. The van der Waals surface area contributed by atoms with E-state index >= 15 is 0 Å². The van der Waals surface area contributed by atoms with Crippen molar-refractivity contribution in [3.63, 3.8) is 0 Å². The zero-order chi connectivity index (χ0) is 18.0. The molecule has 0 radical (unpaired) electrons. The second kappa shape index (κ2) is 7.85. The number of sulfone groups is 1. The molecule has 3 rings (SSSR count). The SMILES string of the molecule is O=C(CCc1ccc(Cl)c(Cl)c1)N1CC(S(=O)(=O)C2CCCCC2)C1. The van der Waals surface area contributed by atoms with Crippen LogP contribution in [0.5, 0.6) is 0 Å². The molecule has 0 atom stereocenters. The molecule has 7 heteroatoms. The molecule has 25 heavy (non-hydrogen) atoms. The van der Waals surface area contributed by atoms with E-state index in [4.69, 9.17) is 23.2 Å². The van der Waals surface area contributed by atoms with Gasteiger partial charge in [0.25, 0.3) is 0 Å². The van der Waals surface area contributed by atoms with Crippen molar-refractivity contribution in [1.82, 2.24) is 4.90 Å². The van der Waals surface area contributed by atoms with E-state index in [9.17, 15) is 13.2 Å². The van der Waals surface area contributed by atoms with Gasteiger partial charge in [-0.1, -0.05) is 48.5 Å². The van der Waals surface area contributed by atoms with Crippen molar-refractivity contribution < 1.29 is 13.2 Å². The lowest BCUT2D eigenvalue weighted by Gasteiger charge is -2.41. The molecule has 1 saturated carbocycles. The van der Waals surface area contributed by atoms with Crippen LogP contribution in [0, 0.1) is 0 Å². The summed E-state index contributed by atoms with van der Waals surface area (Å²) in [7, 11) is -3.10. The number of nitrogens with zero attached hydrogens (tertiary/aromatic N) is 1. The van der Waals surface area contributed by atoms with Gasteiger partial charge in [-0.25, -0.2) is 8.42 Å². The zero-order valence-electron chi connectivity index (χ0n) is 14.1. The maximum absolute atomic E-state index is 12.6. The highest BCUT2D eigenvalue weighted by Gasteiger charge is 2.43. The van der Waals surface area contributed by atoms with E-state index in [-0.39, 0.29) is 16.4 Å². The van der Waals surface area contributed by atoms with Crippen molar-refractivity contribution in [3.05, 3.63) is 33.8 Å². The molecule has 4 nitrogen and oxygen atoms in total. The molecule has 1 aromatic carbocycles. The van der Waals surface area contributed by atoms with Crippen molar-refractivity contribution >= 4 is 38.9 Å². The number of benzene rings is 1. The molecule has 1 saturated heterocycles. The van der Waals surface area contributed by atoms with E-state index in [1.807, 2.05) is 6.07 Å². The summed E-state index contributed by atoms with van der Waals surface area (Å²) in [6.45, 7) is 0.693. The van der Waals surface area contributed by atoms with E-state index in [0.717, 1.165) is 37.7 Å². The Morgan fingerprint density at radius 3 is 2.36 bits per heavy atom. The van der Waals surface area contributed by atoms with Crippen molar-refractivity contribution in [1.29, 1.82) is 0 Å². The third kappa shape index (κ3) is 4.32. The Morgan fingerprint density at radius 2 is 1.72 bits per heavy atom. The molecule has 2 aliphatic rings. The first-order valence-electron chi connectivity index (χ1n) is 8.82. The van der Waals surface area contributed by atoms with E-state index in [2.05, 4.69) is 0 Å². The number of hydrogen-bond donors (Lipinski definition) is 0. The van der Waals surface area contributed by atoms with Crippen LogP contribution in [0.3, 0.4) is 0 Å². The molecule has 0 bridgehead atoms. The first-order valence-corrected chi connectivity index (χ1v) is 11.2. The van der Waals surface area contributed by atoms with Crippen LogP contribution < -0.4 is 0 Å². The summed E-state index contributed by atoms with van der Waals surface area (Å²) < 4.78 is 25.2. The lowest BCUT2D eigenvalue weighted by molar-refractivity contribution is -0.134. The van der Waals surface area contributed by atoms with Gasteiger partial charge >= 0.3 is 0 Å². The number of aryl methyl sites for hydroxylation is 1. The smallest absolute Gasteiger partial charge is 0.222 e. The maximum Gasteiger partial charge on any atom is 0.222 e. The lowest BCUT2D eigenvalue weighted by atomic mass is 10.0. The fraction of sp³-hybridized carbons (Fsp3) is 0.611. The molecular formula is C18H23Cl2NO3S. The van der Waals surface area contributed by atoms with Crippen LogP contribution in [0.1, 0.15) is 44.1 Å². The standard InChI is InChI=1S/C18H23Cl2NO3S/c19-16-8-6-13(10-17(16)20)7-9-18(22)21-11-15(12-21)25(23,24)14-4-2-1-3-5-14/h6,8,10,14-15H,1-5,7,9,11-12H2. The molecule has 0 spiro atoms. The molecule has 138 valence electrons. The van der Waals surface area contributed by atoms with Gasteiger partial charge in [-0.05, 0) is 37.0 Å². The summed E-state index contributed by atoms with van der Waals surface area (Å²) in [5.41, 5.74) is 0.953. The van der Waals surface area contributed by atoms with Crippen LogP contribution in [-0.4, -0.2) is 42.8 Å². The predicted octanol–water partition coefficient (Wildman–Crippen LogP) is 3.88. The third-order valence-electron chi connectivity index (χ3n) is 5.29. The molecular weight excluding hydrogens is 381 g/mol. The quantitative estimate of drug-likeness (QED) is 0.749. The molecule has 0 N–H and O–H groups in total. The highest BCUT2D eigenvalue weighted by molar-refractivity contribution is 7.92. The van der Waals surface area contributed by atoms with Crippen LogP contribution in [0.25, 0.3) is 0 Å². The van der Waals surface area contributed by atoms with E-state index in [0.29, 0.717) is 36.0 Å². The number of carbonyl (C=O) groups is 1. The van der Waals surface area contributed by atoms with Crippen molar-refractivity contribution in [2.45, 2.75) is 55.4 Å². The summed E-state index contributed by atoms with van der Waals surface area (Å²) >= 11 is 11.9. The second-order valence-corrected chi connectivity index (χ2v) is 10.3. The molecule has 2 fully saturated rings. The maximum atomic E-state index is 12.6. The molecule has 1 amide bonds. The van der Waals surface area contributed by atoms with E-state index < -0.39 is 9.84 Å². The first kappa shape index (κ1) is 19.0. The largest absolute Gasteiger partial charge is 0.340 e. The topological polar surface area (TPSA) is 54.5 Å². The third-order valence-corrected chi connectivity index (χ3v) is 8.66. The Hall–Kier alpha value is -0.780. The van der Waals surface area contributed by atoms with Gasteiger partial charge < -0.3 is 4.90 Å². The number of halogens is 2. The van der Waals surface area contributed by atoms with Crippen molar-refractivity contribution in [3.8, 4) is 0 Å². The minimum absolute atomic E-state index is 0.00108. The van der Waals surface area contributed by atoms with Gasteiger partial charge in [0.2, 0.25) is 5.91 Å². The highest BCUT2D eigenvalue weighted by Crippen LogP contribution is 2.30. The number of hydrogen-bond acceptors (Lipinski definition) is 3. The Morgan fingerprint density at radius 1 is 1.04 bits per heavy atom. The van der Waals surface area contributed by atoms with Crippen LogP contribution >= 0.6 is 23.2 Å². The van der Waals surface area contributed by atoms with Gasteiger partial charge in [0.15, 0.2) is 9.84 Å². The van der Waals surface area contributed by atoms with Gasteiger partial charge in [-0.3, -0.25) is 4.79 Å². The van der Waals surface area contributed by atoms with Crippen molar-refractivity contribution in [2.24, 2.45) is 0 Å². The van der Waals surface area contributed by atoms with Crippen LogP contribution in [0.15, 0.2) is 18.2 Å². The number of rotatable bonds is 5. The monoisotopic (exact) mass is 403 g/mol. The van der Waals surface area contributed by atoms with Gasteiger partial charge in [-0.2, -0.15) is 0 Å².